The molecule has 0 saturated heterocycles. The van der Waals surface area contributed by atoms with Crippen molar-refractivity contribution < 1.29 is 4.39 Å². The summed E-state index contributed by atoms with van der Waals surface area (Å²) in [5.41, 5.74) is 7.92. The Balaban J connectivity index is 2.46. The number of nitrogens with two attached hydrogens (primary N) is 1. The summed E-state index contributed by atoms with van der Waals surface area (Å²) < 4.78 is 15.7. The average molecular weight is 283 g/mol. The van der Waals surface area contributed by atoms with Crippen molar-refractivity contribution in [3.05, 3.63) is 34.3 Å². The van der Waals surface area contributed by atoms with Gasteiger partial charge in [-0.3, -0.25) is 4.40 Å². The van der Waals surface area contributed by atoms with Crippen molar-refractivity contribution in [2.75, 3.05) is 0 Å². The number of fused-ring (bicyclic) bond motifs is 3. The van der Waals surface area contributed by atoms with Crippen LogP contribution in [0.5, 0.6) is 0 Å². The first-order valence-corrected chi connectivity index (χ1v) is 5.54. The minimum Gasteiger partial charge on any atom is -0.325 e. The van der Waals surface area contributed by atoms with E-state index in [0.29, 0.717) is 17.8 Å². The number of nitrogens with one attached hydrogen (secondary N) is 1. The fourth-order valence-corrected chi connectivity index (χ4v) is 2.41. The van der Waals surface area contributed by atoms with Crippen LogP contribution in [0.4, 0.5) is 4.39 Å². The maximum Gasteiger partial charge on any atom is 0.213 e. The maximum absolute atomic E-state index is 13.0. The number of halogens is 2. The number of aromatic nitrogens is 3. The Bertz CT molecular complexity index is 685. The summed E-state index contributed by atoms with van der Waals surface area (Å²) in [6, 6.07) is 4.52. The van der Waals surface area contributed by atoms with Gasteiger partial charge in [-0.05, 0) is 28.1 Å². The second-order valence-electron chi connectivity index (χ2n) is 3.50. The van der Waals surface area contributed by atoms with Crippen molar-refractivity contribution in [3.8, 4) is 0 Å². The van der Waals surface area contributed by atoms with Crippen LogP contribution in [0.25, 0.3) is 16.8 Å². The zero-order chi connectivity index (χ0) is 11.3. The number of imidazole rings is 2. The van der Waals surface area contributed by atoms with E-state index in [2.05, 4.69) is 25.9 Å². The Morgan fingerprint density at radius 2 is 2.31 bits per heavy atom. The van der Waals surface area contributed by atoms with Crippen molar-refractivity contribution in [1.29, 1.82) is 0 Å². The summed E-state index contributed by atoms with van der Waals surface area (Å²) in [5, 5.41) is 0. The molecule has 16 heavy (non-hydrogen) atoms. The van der Waals surface area contributed by atoms with Crippen LogP contribution in [-0.2, 0) is 6.54 Å². The Labute approximate surface area is 98.4 Å². The molecular formula is C10H8BrFN4. The monoisotopic (exact) mass is 282 g/mol. The molecule has 0 fully saturated rings. The molecular weight excluding hydrogens is 275 g/mol. The Morgan fingerprint density at radius 3 is 3.06 bits per heavy atom. The smallest absolute Gasteiger partial charge is 0.213 e. The predicted molar refractivity (Wildman–Crippen MR) is 62.6 cm³/mol. The van der Waals surface area contributed by atoms with Gasteiger partial charge in [0.2, 0.25) is 5.78 Å². The standard InChI is InChI=1S/C10H8BrFN4/c11-9-7(4-13)15-10-14-6-3-5(12)1-2-8(6)16(9)10/h1-3H,4,13H2,(H,14,15). The van der Waals surface area contributed by atoms with E-state index in [9.17, 15) is 4.39 Å². The first-order chi connectivity index (χ1) is 7.70. The molecule has 3 N–H and O–H groups in total. The minimum atomic E-state index is -0.288. The summed E-state index contributed by atoms with van der Waals surface area (Å²) >= 11 is 3.45. The summed E-state index contributed by atoms with van der Waals surface area (Å²) in [5.74, 6) is 0.372. The van der Waals surface area contributed by atoms with Gasteiger partial charge in [-0.1, -0.05) is 0 Å². The first kappa shape index (κ1) is 9.80. The Hall–Kier alpha value is -1.40. The highest BCUT2D eigenvalue weighted by Crippen LogP contribution is 2.24. The number of hydrogen-bond donors (Lipinski definition) is 2. The van der Waals surface area contributed by atoms with Crippen molar-refractivity contribution in [2.45, 2.75) is 6.54 Å². The Morgan fingerprint density at radius 1 is 1.50 bits per heavy atom. The molecule has 4 nitrogen and oxygen atoms in total. The fourth-order valence-electron chi connectivity index (χ4n) is 1.79. The third kappa shape index (κ3) is 1.20. The molecule has 0 aliphatic heterocycles. The van der Waals surface area contributed by atoms with Crippen molar-refractivity contribution in [2.24, 2.45) is 5.73 Å². The summed E-state index contributed by atoms with van der Waals surface area (Å²) in [6.07, 6.45) is 0. The third-order valence-electron chi connectivity index (χ3n) is 2.53. The van der Waals surface area contributed by atoms with E-state index in [-0.39, 0.29) is 5.82 Å². The lowest BCUT2D eigenvalue weighted by Crippen LogP contribution is -1.97. The number of hydrogen-bond acceptors (Lipinski definition) is 2. The highest BCUT2D eigenvalue weighted by Gasteiger charge is 2.13. The number of aromatic amines is 1. The topological polar surface area (TPSA) is 59.1 Å². The molecule has 0 atom stereocenters. The van der Waals surface area contributed by atoms with E-state index in [1.165, 1.54) is 12.1 Å². The normalized spacial score (nSPS) is 11.7. The van der Waals surface area contributed by atoms with E-state index in [1.807, 2.05) is 4.40 Å². The second-order valence-corrected chi connectivity index (χ2v) is 4.25. The van der Waals surface area contributed by atoms with Crippen molar-refractivity contribution in [3.63, 3.8) is 0 Å². The van der Waals surface area contributed by atoms with E-state index >= 15 is 0 Å². The number of H-pyrrole nitrogens is 1. The van der Waals surface area contributed by atoms with Gasteiger partial charge in [0.1, 0.15) is 10.4 Å². The van der Waals surface area contributed by atoms with Crippen LogP contribution in [0.15, 0.2) is 22.8 Å². The molecule has 0 unspecified atom stereocenters. The lowest BCUT2D eigenvalue weighted by molar-refractivity contribution is 0.629. The summed E-state index contributed by atoms with van der Waals surface area (Å²) in [4.78, 5) is 7.37. The predicted octanol–water partition coefficient (Wildman–Crippen LogP) is 2.18. The van der Waals surface area contributed by atoms with Gasteiger partial charge in [-0.2, -0.15) is 0 Å². The van der Waals surface area contributed by atoms with Crippen LogP contribution >= 0.6 is 15.9 Å². The molecule has 6 heteroatoms. The molecule has 2 aromatic heterocycles. The summed E-state index contributed by atoms with van der Waals surface area (Å²) in [7, 11) is 0. The van der Waals surface area contributed by atoms with Gasteiger partial charge in [-0.15, -0.1) is 0 Å². The van der Waals surface area contributed by atoms with E-state index in [4.69, 9.17) is 5.73 Å². The van der Waals surface area contributed by atoms with Gasteiger partial charge in [0.25, 0.3) is 0 Å². The first-order valence-electron chi connectivity index (χ1n) is 4.75. The largest absolute Gasteiger partial charge is 0.325 e. The molecule has 3 rings (SSSR count). The molecule has 1 aromatic carbocycles. The number of rotatable bonds is 1. The highest BCUT2D eigenvalue weighted by molar-refractivity contribution is 9.10. The van der Waals surface area contributed by atoms with Gasteiger partial charge in [0, 0.05) is 12.6 Å². The number of benzene rings is 1. The van der Waals surface area contributed by atoms with Crippen LogP contribution in [0.3, 0.4) is 0 Å². The van der Waals surface area contributed by atoms with Crippen LogP contribution < -0.4 is 5.73 Å². The van der Waals surface area contributed by atoms with Gasteiger partial charge in [-0.25, -0.2) is 9.37 Å². The zero-order valence-electron chi connectivity index (χ0n) is 8.17. The zero-order valence-corrected chi connectivity index (χ0v) is 9.75. The molecule has 0 aliphatic carbocycles. The molecule has 0 amide bonds. The lowest BCUT2D eigenvalue weighted by Gasteiger charge is -1.94. The molecule has 82 valence electrons. The van der Waals surface area contributed by atoms with Gasteiger partial charge >= 0.3 is 0 Å². The molecule has 0 spiro atoms. The molecule has 0 radical (unpaired) electrons. The van der Waals surface area contributed by atoms with Gasteiger partial charge in [0.15, 0.2) is 0 Å². The maximum atomic E-state index is 13.0. The van der Waals surface area contributed by atoms with E-state index in [0.717, 1.165) is 15.8 Å². The van der Waals surface area contributed by atoms with Gasteiger partial charge < -0.3 is 10.7 Å². The Kier molecular flexibility index (Phi) is 2.02. The second kappa shape index (κ2) is 3.29. The minimum absolute atomic E-state index is 0.288. The van der Waals surface area contributed by atoms with Crippen molar-refractivity contribution in [1.82, 2.24) is 14.4 Å². The average Bonchev–Trinajstić information content (AvgIpc) is 2.75. The van der Waals surface area contributed by atoms with Crippen molar-refractivity contribution >= 4 is 32.7 Å². The third-order valence-corrected chi connectivity index (χ3v) is 3.36. The fraction of sp³-hybridized carbons (Fsp3) is 0.100. The van der Waals surface area contributed by atoms with Crippen LogP contribution in [0.1, 0.15) is 5.69 Å². The van der Waals surface area contributed by atoms with Gasteiger partial charge in [0.05, 0.1) is 16.7 Å². The van der Waals surface area contributed by atoms with Crippen LogP contribution in [-0.4, -0.2) is 14.4 Å². The molecule has 2 heterocycles. The highest BCUT2D eigenvalue weighted by atomic mass is 79.9. The van der Waals surface area contributed by atoms with E-state index < -0.39 is 0 Å². The summed E-state index contributed by atoms with van der Waals surface area (Å²) in [6.45, 7) is 0.395. The molecule has 0 saturated carbocycles. The van der Waals surface area contributed by atoms with E-state index in [1.54, 1.807) is 6.07 Å². The quantitative estimate of drug-likeness (QED) is 0.719. The molecule has 0 aliphatic rings. The molecule has 3 aromatic rings. The number of nitrogens with zero attached hydrogens (tertiary/aromatic N) is 2. The lowest BCUT2D eigenvalue weighted by atomic mass is 10.3. The SMILES string of the molecule is NCc1[nH]c2nc3cc(F)ccc3n2c1Br. The van der Waals surface area contributed by atoms with Crippen LogP contribution in [0, 0.1) is 5.82 Å². The van der Waals surface area contributed by atoms with Crippen LogP contribution in [0.2, 0.25) is 0 Å². The molecule has 0 bridgehead atoms.